The van der Waals surface area contributed by atoms with Crippen LogP contribution in [-0.4, -0.2) is 43.5 Å². The molecule has 1 N–H and O–H groups in total. The molecule has 4 heteroatoms. The van der Waals surface area contributed by atoms with Crippen LogP contribution in [0.5, 0.6) is 0 Å². The van der Waals surface area contributed by atoms with Crippen molar-refractivity contribution in [1.29, 1.82) is 0 Å². The van der Waals surface area contributed by atoms with E-state index in [1.807, 2.05) is 0 Å². The number of carbonyl (C=O) groups excluding carboxylic acids is 1. The molecule has 1 heterocycles. The minimum atomic E-state index is 0.0873. The second-order valence-electron chi connectivity index (χ2n) is 7.92. The molecule has 1 fully saturated rings. The van der Waals surface area contributed by atoms with E-state index in [1.54, 1.807) is 0 Å². The van der Waals surface area contributed by atoms with Gasteiger partial charge in [0.05, 0.1) is 12.6 Å². The maximum absolute atomic E-state index is 12.6. The SMILES string of the molecule is CC[C@H](NC(=O)CN1CCN(c2cccc(C)c2C)CC1)c1ccc(C)cc1. The number of hydrogen-bond donors (Lipinski definition) is 1. The highest BCUT2D eigenvalue weighted by molar-refractivity contribution is 5.78. The molecule has 4 nitrogen and oxygen atoms in total. The highest BCUT2D eigenvalue weighted by Gasteiger charge is 2.21. The highest BCUT2D eigenvalue weighted by atomic mass is 16.2. The van der Waals surface area contributed by atoms with Crippen LogP contribution in [0.1, 0.15) is 41.6 Å². The van der Waals surface area contributed by atoms with Crippen molar-refractivity contribution in [3.8, 4) is 0 Å². The van der Waals surface area contributed by atoms with Gasteiger partial charge in [-0.15, -0.1) is 0 Å². The van der Waals surface area contributed by atoms with Crippen molar-refractivity contribution in [3.05, 3.63) is 64.7 Å². The minimum absolute atomic E-state index is 0.0873. The van der Waals surface area contributed by atoms with Crippen molar-refractivity contribution in [3.63, 3.8) is 0 Å². The number of rotatable bonds is 6. The number of amides is 1. The van der Waals surface area contributed by atoms with E-state index in [2.05, 4.69) is 85.3 Å². The van der Waals surface area contributed by atoms with Crippen LogP contribution in [0.15, 0.2) is 42.5 Å². The predicted molar refractivity (Wildman–Crippen MR) is 117 cm³/mol. The van der Waals surface area contributed by atoms with Crippen LogP contribution in [0.4, 0.5) is 5.69 Å². The molecule has 0 spiro atoms. The molecule has 1 aliphatic heterocycles. The lowest BCUT2D eigenvalue weighted by Gasteiger charge is -2.37. The van der Waals surface area contributed by atoms with Crippen LogP contribution in [0.25, 0.3) is 0 Å². The smallest absolute Gasteiger partial charge is 0.234 e. The normalized spacial score (nSPS) is 16.1. The van der Waals surface area contributed by atoms with Crippen molar-refractivity contribution in [2.45, 2.75) is 40.2 Å². The molecule has 1 saturated heterocycles. The van der Waals surface area contributed by atoms with E-state index < -0.39 is 0 Å². The Bertz CT molecular complexity index is 792. The molecule has 1 aliphatic rings. The summed E-state index contributed by atoms with van der Waals surface area (Å²) in [6, 6.07) is 15.0. The fraction of sp³-hybridized carbons (Fsp3) is 0.458. The Morgan fingerprint density at radius 3 is 2.32 bits per heavy atom. The molecule has 150 valence electrons. The molecule has 0 bridgehead atoms. The summed E-state index contributed by atoms with van der Waals surface area (Å²) in [5.74, 6) is 0.118. The number of piperazine rings is 1. The van der Waals surface area contributed by atoms with Gasteiger partial charge in [0.2, 0.25) is 5.91 Å². The first-order valence-corrected chi connectivity index (χ1v) is 10.4. The van der Waals surface area contributed by atoms with Crippen LogP contribution in [0.2, 0.25) is 0 Å². The predicted octanol–water partition coefficient (Wildman–Crippen LogP) is 4.00. The summed E-state index contributed by atoms with van der Waals surface area (Å²) >= 11 is 0. The van der Waals surface area contributed by atoms with Crippen LogP contribution >= 0.6 is 0 Å². The van der Waals surface area contributed by atoms with Gasteiger partial charge in [0, 0.05) is 31.9 Å². The Hall–Kier alpha value is -2.33. The van der Waals surface area contributed by atoms with Gasteiger partial charge in [-0.3, -0.25) is 9.69 Å². The third-order valence-electron chi connectivity index (χ3n) is 5.88. The zero-order valence-corrected chi connectivity index (χ0v) is 17.7. The van der Waals surface area contributed by atoms with Gasteiger partial charge in [-0.25, -0.2) is 0 Å². The van der Waals surface area contributed by atoms with Gasteiger partial charge in [-0.05, 0) is 49.9 Å². The molecule has 0 unspecified atom stereocenters. The maximum Gasteiger partial charge on any atom is 0.234 e. The Morgan fingerprint density at radius 1 is 1.00 bits per heavy atom. The van der Waals surface area contributed by atoms with Gasteiger partial charge >= 0.3 is 0 Å². The van der Waals surface area contributed by atoms with E-state index in [1.165, 1.54) is 27.9 Å². The van der Waals surface area contributed by atoms with Crippen molar-refractivity contribution >= 4 is 11.6 Å². The topological polar surface area (TPSA) is 35.6 Å². The van der Waals surface area contributed by atoms with Gasteiger partial charge in [0.15, 0.2) is 0 Å². The van der Waals surface area contributed by atoms with Gasteiger partial charge < -0.3 is 10.2 Å². The van der Waals surface area contributed by atoms with E-state index in [4.69, 9.17) is 0 Å². The summed E-state index contributed by atoms with van der Waals surface area (Å²) < 4.78 is 0. The number of nitrogens with one attached hydrogen (secondary N) is 1. The fourth-order valence-corrected chi connectivity index (χ4v) is 3.89. The molecule has 3 rings (SSSR count). The van der Waals surface area contributed by atoms with Crippen LogP contribution in [0, 0.1) is 20.8 Å². The molecule has 0 saturated carbocycles. The highest BCUT2D eigenvalue weighted by Crippen LogP contribution is 2.24. The average Bonchev–Trinajstić information content (AvgIpc) is 2.70. The van der Waals surface area contributed by atoms with Crippen molar-refractivity contribution in [1.82, 2.24) is 10.2 Å². The molecule has 28 heavy (non-hydrogen) atoms. The Balaban J connectivity index is 1.52. The number of hydrogen-bond acceptors (Lipinski definition) is 3. The molecular weight excluding hydrogens is 346 g/mol. The number of anilines is 1. The number of nitrogens with zero attached hydrogens (tertiary/aromatic N) is 2. The second-order valence-corrected chi connectivity index (χ2v) is 7.92. The second kappa shape index (κ2) is 9.24. The fourth-order valence-electron chi connectivity index (χ4n) is 3.89. The van der Waals surface area contributed by atoms with Crippen LogP contribution in [-0.2, 0) is 4.79 Å². The standard InChI is InChI=1S/C24H33N3O/c1-5-22(21-11-9-18(2)10-12-21)25-24(28)17-26-13-15-27(16-14-26)23-8-6-7-19(3)20(23)4/h6-12,22H,5,13-17H2,1-4H3,(H,25,28)/t22-/m0/s1. The maximum atomic E-state index is 12.6. The lowest BCUT2D eigenvalue weighted by Crippen LogP contribution is -2.50. The number of aryl methyl sites for hydroxylation is 2. The monoisotopic (exact) mass is 379 g/mol. The molecule has 0 radical (unpaired) electrons. The van der Waals surface area contributed by atoms with E-state index in [0.29, 0.717) is 6.54 Å². The largest absolute Gasteiger partial charge is 0.369 e. The summed E-state index contributed by atoms with van der Waals surface area (Å²) in [5, 5.41) is 3.22. The molecule has 2 aromatic rings. The molecule has 1 atom stereocenters. The van der Waals surface area contributed by atoms with E-state index in [-0.39, 0.29) is 11.9 Å². The van der Waals surface area contributed by atoms with Crippen molar-refractivity contribution < 1.29 is 4.79 Å². The van der Waals surface area contributed by atoms with Gasteiger partial charge in [-0.2, -0.15) is 0 Å². The van der Waals surface area contributed by atoms with E-state index in [9.17, 15) is 4.79 Å². The summed E-state index contributed by atoms with van der Waals surface area (Å²) in [4.78, 5) is 17.3. The Morgan fingerprint density at radius 2 is 1.68 bits per heavy atom. The first-order chi connectivity index (χ1) is 13.5. The van der Waals surface area contributed by atoms with Crippen LogP contribution < -0.4 is 10.2 Å². The summed E-state index contributed by atoms with van der Waals surface area (Å²) in [7, 11) is 0. The first kappa shape index (κ1) is 20.4. The molecular formula is C24H33N3O. The van der Waals surface area contributed by atoms with E-state index >= 15 is 0 Å². The Labute approximate surface area is 169 Å². The molecule has 2 aromatic carbocycles. The van der Waals surface area contributed by atoms with Gasteiger partial charge in [-0.1, -0.05) is 48.9 Å². The number of benzene rings is 2. The minimum Gasteiger partial charge on any atom is -0.369 e. The van der Waals surface area contributed by atoms with Crippen LogP contribution in [0.3, 0.4) is 0 Å². The van der Waals surface area contributed by atoms with Crippen molar-refractivity contribution in [2.24, 2.45) is 0 Å². The third kappa shape index (κ3) is 4.93. The molecule has 1 amide bonds. The van der Waals surface area contributed by atoms with Crippen molar-refractivity contribution in [2.75, 3.05) is 37.6 Å². The van der Waals surface area contributed by atoms with Gasteiger partial charge in [0.25, 0.3) is 0 Å². The van der Waals surface area contributed by atoms with E-state index in [0.717, 1.165) is 32.6 Å². The summed E-state index contributed by atoms with van der Waals surface area (Å²) in [6.45, 7) is 12.8. The number of carbonyl (C=O) groups is 1. The lowest BCUT2D eigenvalue weighted by atomic mass is 10.0. The first-order valence-electron chi connectivity index (χ1n) is 10.4. The Kier molecular flexibility index (Phi) is 6.74. The van der Waals surface area contributed by atoms with Gasteiger partial charge in [0.1, 0.15) is 0 Å². The zero-order valence-electron chi connectivity index (χ0n) is 17.7. The molecule has 0 aliphatic carbocycles. The third-order valence-corrected chi connectivity index (χ3v) is 5.88. The summed E-state index contributed by atoms with van der Waals surface area (Å²) in [6.07, 6.45) is 0.898. The zero-order chi connectivity index (χ0) is 20.1. The quantitative estimate of drug-likeness (QED) is 0.824. The average molecular weight is 380 g/mol. The molecule has 0 aromatic heterocycles. The lowest BCUT2D eigenvalue weighted by molar-refractivity contribution is -0.123. The summed E-state index contributed by atoms with van der Waals surface area (Å²) in [5.41, 5.74) is 6.45.